The lowest BCUT2D eigenvalue weighted by atomic mass is 9.98. The van der Waals surface area contributed by atoms with Crippen molar-refractivity contribution in [3.05, 3.63) is 95.5 Å². The van der Waals surface area contributed by atoms with Gasteiger partial charge in [-0.15, -0.1) is 0 Å². The molecule has 0 aliphatic heterocycles. The molecule has 2 aromatic heterocycles. The number of aromatic amines is 1. The molecule has 0 aliphatic carbocycles. The normalized spacial score (nSPS) is 11.0. The maximum Gasteiger partial charge on any atom is 0.348 e. The van der Waals surface area contributed by atoms with Crippen LogP contribution in [0, 0.1) is 0 Å². The lowest BCUT2D eigenvalue weighted by Crippen LogP contribution is -2.13. The van der Waals surface area contributed by atoms with E-state index in [2.05, 4.69) is 68.8 Å². The minimum absolute atomic E-state index is 0.418. The molecule has 5 rings (SSSR count). The van der Waals surface area contributed by atoms with Gasteiger partial charge in [0.15, 0.2) is 5.65 Å². The summed E-state index contributed by atoms with van der Waals surface area (Å²) in [4.78, 5) is 22.6. The molecule has 134 valence electrons. The lowest BCUT2D eigenvalue weighted by Gasteiger charge is -2.10. The molecule has 0 radical (unpaired) electrons. The minimum Gasteiger partial charge on any atom is -0.341 e. The van der Waals surface area contributed by atoms with Crippen LogP contribution in [0.15, 0.2) is 89.9 Å². The number of H-pyrrole nitrogens is 1. The first kappa shape index (κ1) is 16.2. The number of nitrogens with one attached hydrogen (secondary N) is 2. The fourth-order valence-electron chi connectivity index (χ4n) is 3.43. The van der Waals surface area contributed by atoms with Crippen LogP contribution >= 0.6 is 0 Å². The van der Waals surface area contributed by atoms with Gasteiger partial charge < -0.3 is 5.32 Å². The number of nitrogens with zero attached hydrogens (tertiary/aromatic N) is 2. The number of hydrogen-bond donors (Lipinski definition) is 2. The summed E-state index contributed by atoms with van der Waals surface area (Å²) >= 11 is 0. The van der Waals surface area contributed by atoms with Crippen molar-refractivity contribution in [2.75, 3.05) is 5.32 Å². The van der Waals surface area contributed by atoms with Crippen LogP contribution < -0.4 is 11.0 Å². The van der Waals surface area contributed by atoms with Gasteiger partial charge in [0.1, 0.15) is 5.82 Å². The molecule has 5 aromatic rings. The number of rotatable bonds is 3. The Labute approximate surface area is 160 Å². The van der Waals surface area contributed by atoms with Gasteiger partial charge in [0.25, 0.3) is 0 Å². The zero-order valence-electron chi connectivity index (χ0n) is 14.9. The van der Waals surface area contributed by atoms with Crippen molar-refractivity contribution < 1.29 is 0 Å². The molecule has 0 saturated heterocycles. The number of benzene rings is 3. The number of pyridine rings is 1. The van der Waals surface area contributed by atoms with Crippen molar-refractivity contribution in [3.8, 4) is 11.1 Å². The molecule has 5 heteroatoms. The molecule has 0 unspecified atom stereocenters. The molecule has 5 nitrogen and oxygen atoms in total. The molecule has 0 atom stereocenters. The SMILES string of the molecule is O=c1nc2ncccc2c(Nc2ccc(-c3cccc4ccccc34)cc2)[nH]1. The second kappa shape index (κ2) is 6.63. The summed E-state index contributed by atoms with van der Waals surface area (Å²) in [7, 11) is 0. The molecule has 2 heterocycles. The molecule has 2 N–H and O–H groups in total. The Balaban J connectivity index is 1.52. The van der Waals surface area contributed by atoms with Crippen LogP contribution in [-0.2, 0) is 0 Å². The molecule has 0 aliphatic rings. The van der Waals surface area contributed by atoms with Gasteiger partial charge in [-0.1, -0.05) is 54.6 Å². The van der Waals surface area contributed by atoms with E-state index in [4.69, 9.17) is 0 Å². The third-order valence-corrected chi connectivity index (χ3v) is 4.75. The summed E-state index contributed by atoms with van der Waals surface area (Å²) in [5.41, 5.74) is 3.19. The highest BCUT2D eigenvalue weighted by atomic mass is 16.1. The van der Waals surface area contributed by atoms with Crippen LogP contribution in [0.1, 0.15) is 0 Å². The summed E-state index contributed by atoms with van der Waals surface area (Å²) in [6.45, 7) is 0. The van der Waals surface area contributed by atoms with E-state index in [0.29, 0.717) is 11.5 Å². The van der Waals surface area contributed by atoms with Gasteiger partial charge in [-0.3, -0.25) is 4.98 Å². The molecule has 0 saturated carbocycles. The fraction of sp³-hybridized carbons (Fsp3) is 0. The molecule has 3 aromatic carbocycles. The van der Waals surface area contributed by atoms with Crippen LogP contribution in [0.3, 0.4) is 0 Å². The van der Waals surface area contributed by atoms with E-state index in [-0.39, 0.29) is 0 Å². The van der Waals surface area contributed by atoms with E-state index in [1.54, 1.807) is 6.20 Å². The molecular weight excluding hydrogens is 348 g/mol. The van der Waals surface area contributed by atoms with Crippen molar-refractivity contribution in [1.29, 1.82) is 0 Å². The van der Waals surface area contributed by atoms with Crippen molar-refractivity contribution in [2.45, 2.75) is 0 Å². The van der Waals surface area contributed by atoms with Gasteiger partial charge in [0, 0.05) is 11.9 Å². The minimum atomic E-state index is -0.430. The molecule has 0 amide bonds. The quantitative estimate of drug-likeness (QED) is 0.478. The molecule has 28 heavy (non-hydrogen) atoms. The summed E-state index contributed by atoms with van der Waals surface area (Å²) in [5, 5.41) is 6.47. The monoisotopic (exact) mass is 364 g/mol. The highest BCUT2D eigenvalue weighted by Crippen LogP contribution is 2.30. The van der Waals surface area contributed by atoms with E-state index in [9.17, 15) is 4.79 Å². The maximum absolute atomic E-state index is 11.8. The maximum atomic E-state index is 11.8. The number of hydrogen-bond acceptors (Lipinski definition) is 4. The van der Waals surface area contributed by atoms with E-state index in [0.717, 1.165) is 16.6 Å². The first-order valence-corrected chi connectivity index (χ1v) is 8.98. The summed E-state index contributed by atoms with van der Waals surface area (Å²) < 4.78 is 0. The number of anilines is 2. The predicted octanol–water partition coefficient (Wildman–Crippen LogP) is 4.88. The van der Waals surface area contributed by atoms with E-state index in [1.807, 2.05) is 30.3 Å². The average molecular weight is 364 g/mol. The number of aromatic nitrogens is 3. The van der Waals surface area contributed by atoms with Gasteiger partial charge in [-0.2, -0.15) is 4.98 Å². The van der Waals surface area contributed by atoms with Gasteiger partial charge >= 0.3 is 5.69 Å². The summed E-state index contributed by atoms with van der Waals surface area (Å²) in [6, 6.07) is 26.5. The largest absolute Gasteiger partial charge is 0.348 e. The Morgan fingerprint density at radius 2 is 1.57 bits per heavy atom. The third-order valence-electron chi connectivity index (χ3n) is 4.75. The standard InChI is InChI=1S/C23H16N4O/c28-23-26-21-20(9-4-14-24-21)22(27-23)25-17-12-10-16(11-13-17)19-8-3-6-15-5-1-2-7-18(15)19/h1-14H,(H2,24,25,26,27,28). The van der Waals surface area contributed by atoms with E-state index in [1.165, 1.54) is 16.3 Å². The Kier molecular flexibility index (Phi) is 3.84. The van der Waals surface area contributed by atoms with Crippen molar-refractivity contribution in [3.63, 3.8) is 0 Å². The van der Waals surface area contributed by atoms with Gasteiger partial charge in [-0.25, -0.2) is 9.78 Å². The van der Waals surface area contributed by atoms with Gasteiger partial charge in [0.2, 0.25) is 0 Å². The second-order valence-corrected chi connectivity index (χ2v) is 6.52. The Bertz CT molecular complexity index is 1350. The van der Waals surface area contributed by atoms with Crippen LogP contribution in [0.4, 0.5) is 11.5 Å². The van der Waals surface area contributed by atoms with E-state index >= 15 is 0 Å². The third kappa shape index (κ3) is 2.89. The van der Waals surface area contributed by atoms with Crippen molar-refractivity contribution in [2.24, 2.45) is 0 Å². The second-order valence-electron chi connectivity index (χ2n) is 6.52. The summed E-state index contributed by atoms with van der Waals surface area (Å²) in [5.74, 6) is 0.584. The van der Waals surface area contributed by atoms with Crippen molar-refractivity contribution in [1.82, 2.24) is 15.0 Å². The predicted molar refractivity (Wildman–Crippen MR) is 113 cm³/mol. The zero-order valence-corrected chi connectivity index (χ0v) is 14.9. The smallest absolute Gasteiger partial charge is 0.341 e. The molecule has 0 spiro atoms. The Morgan fingerprint density at radius 3 is 2.46 bits per heavy atom. The molecular formula is C23H16N4O. The van der Waals surface area contributed by atoms with E-state index < -0.39 is 5.69 Å². The average Bonchev–Trinajstić information content (AvgIpc) is 2.74. The van der Waals surface area contributed by atoms with Gasteiger partial charge in [0.05, 0.1) is 5.39 Å². The molecule has 0 fully saturated rings. The van der Waals surface area contributed by atoms with Crippen LogP contribution in [0.5, 0.6) is 0 Å². The fourth-order valence-corrected chi connectivity index (χ4v) is 3.43. The van der Waals surface area contributed by atoms with Gasteiger partial charge in [-0.05, 0) is 46.2 Å². The first-order chi connectivity index (χ1) is 13.8. The van der Waals surface area contributed by atoms with Crippen LogP contribution in [0.25, 0.3) is 32.9 Å². The summed E-state index contributed by atoms with van der Waals surface area (Å²) in [6.07, 6.45) is 1.62. The Hall–Kier alpha value is -3.99. The molecule has 0 bridgehead atoms. The topological polar surface area (TPSA) is 70.7 Å². The van der Waals surface area contributed by atoms with Crippen molar-refractivity contribution >= 4 is 33.3 Å². The lowest BCUT2D eigenvalue weighted by molar-refractivity contribution is 1.10. The highest BCUT2D eigenvalue weighted by Gasteiger charge is 2.07. The number of fused-ring (bicyclic) bond motifs is 2. The zero-order chi connectivity index (χ0) is 18.9. The van der Waals surface area contributed by atoms with Crippen LogP contribution in [-0.4, -0.2) is 15.0 Å². The highest BCUT2D eigenvalue weighted by molar-refractivity contribution is 5.97. The van der Waals surface area contributed by atoms with Crippen LogP contribution in [0.2, 0.25) is 0 Å². The Morgan fingerprint density at radius 1 is 0.786 bits per heavy atom. The first-order valence-electron chi connectivity index (χ1n) is 8.98.